The second kappa shape index (κ2) is 8.42. The molecule has 0 spiro atoms. The number of nitrogens with one attached hydrogen (secondary N) is 1. The third-order valence-corrected chi connectivity index (χ3v) is 4.68. The molecule has 1 rings (SSSR count). The van der Waals surface area contributed by atoms with Crippen molar-refractivity contribution >= 4 is 24.1 Å². The number of halogens is 1. The molecule has 118 valence electrons. The van der Waals surface area contributed by atoms with Gasteiger partial charge >= 0.3 is 12.8 Å². The molecule has 0 aromatic heterocycles. The molecule has 0 saturated carbocycles. The van der Waals surface area contributed by atoms with Gasteiger partial charge in [-0.15, -0.1) is 0 Å². The van der Waals surface area contributed by atoms with Crippen molar-refractivity contribution in [2.24, 2.45) is 0 Å². The second-order valence-electron chi connectivity index (χ2n) is 4.69. The Bertz CT molecular complexity index is 523. The summed E-state index contributed by atoms with van der Waals surface area (Å²) < 4.78 is 22.3. The molecule has 1 N–H and O–H groups in total. The van der Waals surface area contributed by atoms with E-state index in [0.717, 1.165) is 12.0 Å². The van der Waals surface area contributed by atoms with Crippen LogP contribution in [0.5, 0.6) is 5.75 Å². The van der Waals surface area contributed by atoms with Crippen LogP contribution in [0.25, 0.3) is 0 Å². The summed E-state index contributed by atoms with van der Waals surface area (Å²) in [6.45, 7) is 0.371. The number of para-hydroxylation sites is 1. The minimum Gasteiger partial charge on any atom is -0.469 e. The van der Waals surface area contributed by atoms with Gasteiger partial charge in [-0.1, -0.05) is 25.1 Å². The summed E-state index contributed by atoms with van der Waals surface area (Å²) in [7, 11) is 1.34. The molecule has 1 aromatic rings. The molecule has 21 heavy (non-hydrogen) atoms. The third-order valence-electron chi connectivity index (χ3n) is 3.00. The molecule has 5 nitrogen and oxygen atoms in total. The van der Waals surface area contributed by atoms with E-state index in [2.05, 4.69) is 9.82 Å². The van der Waals surface area contributed by atoms with Gasteiger partial charge in [0.15, 0.2) is 0 Å². The molecule has 0 aliphatic rings. The number of ether oxygens (including phenoxy) is 1. The maximum absolute atomic E-state index is 12.2. The zero-order valence-electron chi connectivity index (χ0n) is 12.5. The Balaban J connectivity index is 2.78. The van der Waals surface area contributed by atoms with E-state index in [1.54, 1.807) is 18.2 Å². The van der Waals surface area contributed by atoms with Gasteiger partial charge in [-0.2, -0.15) is 0 Å². The lowest BCUT2D eigenvalue weighted by Gasteiger charge is -2.19. The number of rotatable bonds is 8. The first-order valence-corrected chi connectivity index (χ1v) is 9.32. The van der Waals surface area contributed by atoms with Crippen LogP contribution in [0.15, 0.2) is 24.3 Å². The van der Waals surface area contributed by atoms with Crippen molar-refractivity contribution in [2.75, 3.05) is 7.11 Å². The van der Waals surface area contributed by atoms with Crippen LogP contribution < -0.4 is 9.61 Å². The first kappa shape index (κ1) is 18.0. The van der Waals surface area contributed by atoms with Crippen LogP contribution in [0, 0.1) is 0 Å². The van der Waals surface area contributed by atoms with Crippen molar-refractivity contribution in [1.82, 2.24) is 5.09 Å². The lowest BCUT2D eigenvalue weighted by molar-refractivity contribution is -0.140. The number of methoxy groups -OCH3 is 1. The second-order valence-corrected chi connectivity index (χ2v) is 7.43. The Morgan fingerprint density at radius 3 is 2.71 bits per heavy atom. The lowest BCUT2D eigenvalue weighted by Crippen LogP contribution is -2.22. The topological polar surface area (TPSA) is 64.6 Å². The fourth-order valence-electron chi connectivity index (χ4n) is 1.65. The summed E-state index contributed by atoms with van der Waals surface area (Å²) >= 11 is 5.94. The summed E-state index contributed by atoms with van der Waals surface area (Å²) in [6, 6.07) is 7.05. The Kier molecular flexibility index (Phi) is 7.23. The molecule has 1 unspecified atom stereocenters. The van der Waals surface area contributed by atoms with E-state index in [0.29, 0.717) is 12.2 Å². The zero-order valence-corrected chi connectivity index (χ0v) is 14.1. The van der Waals surface area contributed by atoms with Gasteiger partial charge in [0.25, 0.3) is 0 Å². The summed E-state index contributed by atoms with van der Waals surface area (Å²) in [5.74, 6) is 0.104. The average Bonchev–Trinajstić information content (AvgIpc) is 2.44. The standard InChI is InChI=1S/C14H21ClNO4P/c1-4-11(2)16-21(15,18)20-13-8-6-5-7-12(13)9-10-14(17)19-3/h5-8,11H,4,9-10H2,1-3H3,(H,16,18)/t11-,21?/m0/s1. The van der Waals surface area contributed by atoms with E-state index in [-0.39, 0.29) is 18.4 Å². The molecule has 0 heterocycles. The molecule has 0 bridgehead atoms. The fourth-order valence-corrected chi connectivity index (χ4v) is 3.56. The van der Waals surface area contributed by atoms with E-state index >= 15 is 0 Å². The molecule has 2 atom stereocenters. The van der Waals surface area contributed by atoms with E-state index in [4.69, 9.17) is 15.8 Å². The number of hydrogen-bond donors (Lipinski definition) is 1. The van der Waals surface area contributed by atoms with E-state index in [9.17, 15) is 9.36 Å². The highest BCUT2D eigenvalue weighted by Gasteiger charge is 2.24. The van der Waals surface area contributed by atoms with E-state index < -0.39 is 6.87 Å². The minimum absolute atomic E-state index is 0.0180. The van der Waals surface area contributed by atoms with Gasteiger partial charge < -0.3 is 9.26 Å². The first-order chi connectivity index (χ1) is 9.88. The quantitative estimate of drug-likeness (QED) is 0.577. The Labute approximate surface area is 130 Å². The smallest absolute Gasteiger partial charge is 0.409 e. The van der Waals surface area contributed by atoms with Crippen molar-refractivity contribution in [1.29, 1.82) is 0 Å². The van der Waals surface area contributed by atoms with Crippen LogP contribution in [-0.2, 0) is 20.5 Å². The SMILES string of the molecule is CC[C@H](C)NP(=O)(Cl)Oc1ccccc1CCC(=O)OC. The molecule has 0 aliphatic heterocycles. The highest BCUT2D eigenvalue weighted by atomic mass is 35.7. The maximum atomic E-state index is 12.2. The molecule has 7 heteroatoms. The van der Waals surface area contributed by atoms with Gasteiger partial charge in [-0.25, -0.2) is 9.65 Å². The maximum Gasteiger partial charge on any atom is 0.409 e. The molecule has 0 fully saturated rings. The monoisotopic (exact) mass is 333 g/mol. The molecule has 1 aromatic carbocycles. The van der Waals surface area contributed by atoms with Crippen molar-refractivity contribution in [3.63, 3.8) is 0 Å². The third kappa shape index (κ3) is 6.51. The van der Waals surface area contributed by atoms with Gasteiger partial charge in [0, 0.05) is 23.7 Å². The summed E-state index contributed by atoms with van der Waals surface area (Å²) in [5.41, 5.74) is 0.759. The van der Waals surface area contributed by atoms with Crippen LogP contribution in [0.2, 0.25) is 0 Å². The fraction of sp³-hybridized carbons (Fsp3) is 0.500. The van der Waals surface area contributed by atoms with Crippen molar-refractivity contribution in [3.8, 4) is 5.75 Å². The predicted molar refractivity (Wildman–Crippen MR) is 83.8 cm³/mol. The van der Waals surface area contributed by atoms with Crippen LogP contribution >= 0.6 is 18.1 Å². The minimum atomic E-state index is -3.46. The summed E-state index contributed by atoms with van der Waals surface area (Å²) in [5, 5.41) is 2.76. The van der Waals surface area contributed by atoms with E-state index in [1.807, 2.05) is 19.9 Å². The average molecular weight is 334 g/mol. The predicted octanol–water partition coefficient (Wildman–Crippen LogP) is 3.91. The van der Waals surface area contributed by atoms with E-state index in [1.165, 1.54) is 7.11 Å². The van der Waals surface area contributed by atoms with Crippen LogP contribution in [0.4, 0.5) is 0 Å². The largest absolute Gasteiger partial charge is 0.469 e. The normalized spacial score (nSPS) is 15.0. The van der Waals surface area contributed by atoms with Crippen LogP contribution in [0.1, 0.15) is 32.3 Å². The highest BCUT2D eigenvalue weighted by Crippen LogP contribution is 2.49. The molecule has 0 radical (unpaired) electrons. The highest BCUT2D eigenvalue weighted by molar-refractivity contribution is 7.84. The first-order valence-electron chi connectivity index (χ1n) is 6.79. The summed E-state index contributed by atoms with van der Waals surface area (Å²) in [4.78, 5) is 11.2. The lowest BCUT2D eigenvalue weighted by atomic mass is 10.1. The zero-order chi connectivity index (χ0) is 15.9. The Morgan fingerprint density at radius 1 is 1.43 bits per heavy atom. The van der Waals surface area contributed by atoms with Crippen molar-refractivity contribution < 1.29 is 18.6 Å². The number of benzene rings is 1. The molecule has 0 saturated heterocycles. The van der Waals surface area contributed by atoms with Crippen LogP contribution in [-0.4, -0.2) is 19.1 Å². The Hall–Kier alpha value is -1.03. The number of carbonyl (C=O) groups excluding carboxylic acids is 1. The number of aryl methyl sites for hydroxylation is 1. The van der Waals surface area contributed by atoms with Gasteiger partial charge in [-0.3, -0.25) is 4.79 Å². The van der Waals surface area contributed by atoms with Crippen molar-refractivity contribution in [3.05, 3.63) is 29.8 Å². The Morgan fingerprint density at radius 2 is 2.10 bits per heavy atom. The van der Waals surface area contributed by atoms with Gasteiger partial charge in [0.05, 0.1) is 7.11 Å². The number of hydrogen-bond acceptors (Lipinski definition) is 4. The van der Waals surface area contributed by atoms with Crippen LogP contribution in [0.3, 0.4) is 0 Å². The molecule has 0 aliphatic carbocycles. The summed E-state index contributed by atoms with van der Waals surface area (Å²) in [6.07, 6.45) is 1.44. The van der Waals surface area contributed by atoms with Gasteiger partial charge in [0.1, 0.15) is 5.75 Å². The number of esters is 1. The molecular weight excluding hydrogens is 313 g/mol. The van der Waals surface area contributed by atoms with Crippen molar-refractivity contribution in [2.45, 2.75) is 39.2 Å². The van der Waals surface area contributed by atoms with Gasteiger partial charge in [-0.05, 0) is 31.4 Å². The molecular formula is C14H21ClNO4P. The number of carbonyl (C=O) groups is 1. The van der Waals surface area contributed by atoms with Gasteiger partial charge in [0.2, 0.25) is 0 Å². The molecule has 0 amide bonds.